The molecule has 0 aliphatic heterocycles. The smallest absolute Gasteiger partial charge is 0.0689 e. The first-order chi connectivity index (χ1) is 18.0. The van der Waals surface area contributed by atoms with Crippen LogP contribution in [0.2, 0.25) is 0 Å². The van der Waals surface area contributed by atoms with Crippen molar-refractivity contribution in [1.82, 2.24) is 0 Å². The second-order valence-electron chi connectivity index (χ2n) is 11.5. The lowest BCUT2D eigenvalue weighted by atomic mass is 10.1. The van der Waals surface area contributed by atoms with E-state index >= 15 is 0 Å². The lowest BCUT2D eigenvalue weighted by molar-refractivity contribution is -0.402. The SMILES string of the molecule is CCCCCCCCCCCCCC[P+](CCCCCC)(CCCCCC)CCCCCC.O=[N+]([O-])[O-]. The maximum absolute atomic E-state index is 8.25. The van der Waals surface area contributed by atoms with Gasteiger partial charge >= 0.3 is 0 Å². The number of nitrogens with zero attached hydrogens (tertiary/aromatic N) is 1. The van der Waals surface area contributed by atoms with E-state index in [0.29, 0.717) is 0 Å². The first-order valence-corrected chi connectivity index (χ1v) is 19.2. The normalized spacial score (nSPS) is 11.4. The van der Waals surface area contributed by atoms with Gasteiger partial charge in [-0.2, -0.15) is 0 Å². The Morgan fingerprint density at radius 1 is 0.378 bits per heavy atom. The molecule has 0 saturated carbocycles. The van der Waals surface area contributed by atoms with Crippen molar-refractivity contribution in [3.8, 4) is 0 Å². The van der Waals surface area contributed by atoms with Crippen LogP contribution in [0.25, 0.3) is 0 Å². The molecule has 0 aromatic heterocycles. The van der Waals surface area contributed by atoms with E-state index in [1.165, 1.54) is 128 Å². The molecule has 0 aromatic carbocycles. The van der Waals surface area contributed by atoms with Gasteiger partial charge in [0.25, 0.3) is 0 Å². The van der Waals surface area contributed by atoms with Crippen LogP contribution in [0.1, 0.15) is 182 Å². The maximum Gasteiger partial charge on any atom is 0.0689 e. The fraction of sp³-hybridized carbons (Fsp3) is 1.00. The lowest BCUT2D eigenvalue weighted by Gasteiger charge is -2.28. The Balaban J connectivity index is 0. The highest BCUT2D eigenvalue weighted by Gasteiger charge is 2.34. The highest BCUT2D eigenvalue weighted by atomic mass is 31.2. The molecule has 0 aromatic rings. The molecular formula is C32H68NO3P. The summed E-state index contributed by atoms with van der Waals surface area (Å²) >= 11 is 0. The molecule has 0 aliphatic rings. The van der Waals surface area contributed by atoms with Gasteiger partial charge in [-0.25, -0.2) is 0 Å². The van der Waals surface area contributed by atoms with Gasteiger partial charge in [0.15, 0.2) is 0 Å². The van der Waals surface area contributed by atoms with E-state index < -0.39 is 12.3 Å². The summed E-state index contributed by atoms with van der Waals surface area (Å²) in [5, 5.41) is 14.8. The van der Waals surface area contributed by atoms with E-state index in [4.69, 9.17) is 15.3 Å². The molecular weight excluding hydrogens is 477 g/mol. The van der Waals surface area contributed by atoms with Crippen LogP contribution in [0.4, 0.5) is 0 Å². The molecule has 5 heteroatoms. The molecule has 0 heterocycles. The molecule has 37 heavy (non-hydrogen) atoms. The van der Waals surface area contributed by atoms with Gasteiger partial charge in [0.2, 0.25) is 0 Å². The summed E-state index contributed by atoms with van der Waals surface area (Å²) < 4.78 is 0. The molecule has 0 atom stereocenters. The standard InChI is InChI=1S/C32H68P.NO3/c1-5-9-13-17-18-19-20-21-22-23-24-28-32-33(29-25-14-10-6-2,30-26-15-11-7-3)31-27-16-12-8-4;2-1(3)4/h5-32H2,1-4H3;/q+1;-1. The minimum Gasteiger partial charge on any atom is -0.356 e. The molecule has 0 unspecified atom stereocenters. The van der Waals surface area contributed by atoms with E-state index in [9.17, 15) is 0 Å². The van der Waals surface area contributed by atoms with Crippen molar-refractivity contribution in [2.75, 3.05) is 24.6 Å². The Bertz CT molecular complexity index is 412. The lowest BCUT2D eigenvalue weighted by Crippen LogP contribution is -2.13. The van der Waals surface area contributed by atoms with Gasteiger partial charge in [-0.05, 0) is 51.4 Å². The number of hydrogen-bond donors (Lipinski definition) is 0. The molecule has 0 bridgehead atoms. The minimum absolute atomic E-state index is 0.697. The zero-order valence-electron chi connectivity index (χ0n) is 25.9. The van der Waals surface area contributed by atoms with Crippen molar-refractivity contribution < 1.29 is 5.09 Å². The topological polar surface area (TPSA) is 66.2 Å². The van der Waals surface area contributed by atoms with Crippen LogP contribution in [-0.4, -0.2) is 29.7 Å². The molecule has 0 N–H and O–H groups in total. The number of unbranched alkanes of at least 4 members (excludes halogenated alkanes) is 20. The highest BCUT2D eigenvalue weighted by Crippen LogP contribution is 2.61. The highest BCUT2D eigenvalue weighted by molar-refractivity contribution is 7.75. The quantitative estimate of drug-likeness (QED) is 0.0425. The van der Waals surface area contributed by atoms with Gasteiger partial charge in [0.05, 0.1) is 29.7 Å². The second kappa shape index (κ2) is 31.8. The molecule has 0 radical (unpaired) electrons. The van der Waals surface area contributed by atoms with Crippen molar-refractivity contribution in [1.29, 1.82) is 0 Å². The molecule has 0 spiro atoms. The molecule has 0 rings (SSSR count). The van der Waals surface area contributed by atoms with Crippen molar-refractivity contribution >= 4 is 7.26 Å². The van der Waals surface area contributed by atoms with Crippen LogP contribution in [0.3, 0.4) is 0 Å². The first kappa shape index (κ1) is 38.8. The zero-order chi connectivity index (χ0) is 27.9. The third kappa shape index (κ3) is 31.7. The Labute approximate surface area is 234 Å². The molecule has 224 valence electrons. The van der Waals surface area contributed by atoms with E-state index in [2.05, 4.69) is 27.7 Å². The molecule has 4 nitrogen and oxygen atoms in total. The van der Waals surface area contributed by atoms with Gasteiger partial charge in [0, 0.05) is 7.26 Å². The van der Waals surface area contributed by atoms with Gasteiger partial charge in [0.1, 0.15) is 0 Å². The third-order valence-electron chi connectivity index (χ3n) is 7.94. The van der Waals surface area contributed by atoms with Crippen molar-refractivity contribution in [3.05, 3.63) is 15.3 Å². The van der Waals surface area contributed by atoms with Crippen LogP contribution in [0.15, 0.2) is 0 Å². The monoisotopic (exact) mass is 545 g/mol. The van der Waals surface area contributed by atoms with E-state index in [-0.39, 0.29) is 0 Å². The van der Waals surface area contributed by atoms with E-state index in [1.54, 1.807) is 50.3 Å². The van der Waals surface area contributed by atoms with Crippen LogP contribution in [-0.2, 0) is 0 Å². The van der Waals surface area contributed by atoms with Gasteiger partial charge < -0.3 is 15.3 Å². The summed E-state index contributed by atoms with van der Waals surface area (Å²) in [6.45, 7) is 9.41. The van der Waals surface area contributed by atoms with Crippen LogP contribution >= 0.6 is 7.26 Å². The fourth-order valence-corrected chi connectivity index (χ4v) is 10.5. The average Bonchev–Trinajstić information content (AvgIpc) is 2.87. The van der Waals surface area contributed by atoms with E-state index in [0.717, 1.165) is 0 Å². The zero-order valence-corrected chi connectivity index (χ0v) is 26.8. The van der Waals surface area contributed by atoms with Gasteiger partial charge in [-0.1, -0.05) is 130 Å². The molecule has 0 saturated heterocycles. The predicted octanol–water partition coefficient (Wildman–Crippen LogP) is 12.2. The fourth-order valence-electron chi connectivity index (χ4n) is 5.58. The average molecular weight is 546 g/mol. The second-order valence-corrected chi connectivity index (χ2v) is 16.0. The summed E-state index contributed by atoms with van der Waals surface area (Å²) in [5.41, 5.74) is 0. The molecule has 0 amide bonds. The largest absolute Gasteiger partial charge is 0.356 e. The summed E-state index contributed by atoms with van der Waals surface area (Å²) in [4.78, 5) is 8.25. The molecule has 0 fully saturated rings. The Kier molecular flexibility index (Phi) is 33.4. The van der Waals surface area contributed by atoms with Gasteiger partial charge in [-0.15, -0.1) is 0 Å². The Morgan fingerprint density at radius 3 is 0.757 bits per heavy atom. The van der Waals surface area contributed by atoms with Gasteiger partial charge in [-0.3, -0.25) is 0 Å². The van der Waals surface area contributed by atoms with E-state index in [1.807, 2.05) is 0 Å². The summed E-state index contributed by atoms with van der Waals surface area (Å²) in [7, 11) is -0.697. The summed E-state index contributed by atoms with van der Waals surface area (Å²) in [6, 6.07) is 0. The number of hydrogen-bond acceptors (Lipinski definition) is 3. The molecule has 0 aliphatic carbocycles. The van der Waals surface area contributed by atoms with Crippen LogP contribution < -0.4 is 0 Å². The minimum atomic E-state index is -1.75. The summed E-state index contributed by atoms with van der Waals surface area (Å²) in [5.74, 6) is 0. The number of rotatable bonds is 28. The van der Waals surface area contributed by atoms with Crippen molar-refractivity contribution in [2.24, 2.45) is 0 Å². The van der Waals surface area contributed by atoms with Crippen LogP contribution in [0, 0.1) is 15.3 Å². The Hall–Kier alpha value is -0.370. The van der Waals surface area contributed by atoms with Crippen molar-refractivity contribution in [2.45, 2.75) is 182 Å². The van der Waals surface area contributed by atoms with Crippen molar-refractivity contribution in [3.63, 3.8) is 0 Å². The maximum atomic E-state index is 8.25. The first-order valence-electron chi connectivity index (χ1n) is 16.6. The third-order valence-corrected chi connectivity index (χ3v) is 13.0. The summed E-state index contributed by atoms with van der Waals surface area (Å²) in [6.07, 6.45) is 42.1. The van der Waals surface area contributed by atoms with Crippen LogP contribution in [0.5, 0.6) is 0 Å². The Morgan fingerprint density at radius 2 is 0.541 bits per heavy atom. The predicted molar refractivity (Wildman–Crippen MR) is 170 cm³/mol.